The molecule has 3 aliphatic rings. The maximum atomic E-state index is 11.3. The third-order valence-electron chi connectivity index (χ3n) is 10.6. The van der Waals surface area contributed by atoms with Crippen LogP contribution in [0.3, 0.4) is 0 Å². The van der Waals surface area contributed by atoms with E-state index in [1.807, 2.05) is 0 Å². The van der Waals surface area contributed by atoms with Crippen molar-refractivity contribution in [1.29, 1.82) is 0 Å². The van der Waals surface area contributed by atoms with E-state index in [-0.39, 0.29) is 5.41 Å². The third-order valence-corrected chi connectivity index (χ3v) is 10.6. The summed E-state index contributed by atoms with van der Waals surface area (Å²) >= 11 is 0. The SMILES string of the molecule is C/C=C(\N/C(=C(\C)CCC)c1cc(Nc2cccc3c2CCN(C(=C2CCC2)C(C)(C)C(O)=C2CC2)C3)ccc1CC)c1ccccc1. The van der Waals surface area contributed by atoms with Gasteiger partial charge in [-0.15, -0.1) is 0 Å². The van der Waals surface area contributed by atoms with Crippen molar-refractivity contribution < 1.29 is 5.11 Å². The molecule has 0 unspecified atom stereocenters. The Morgan fingerprint density at radius 1 is 0.917 bits per heavy atom. The molecule has 2 aliphatic carbocycles. The van der Waals surface area contributed by atoms with Crippen molar-refractivity contribution in [2.45, 2.75) is 106 Å². The van der Waals surface area contributed by atoms with Crippen molar-refractivity contribution >= 4 is 22.8 Å². The van der Waals surface area contributed by atoms with Crippen molar-refractivity contribution in [3.63, 3.8) is 0 Å². The van der Waals surface area contributed by atoms with Gasteiger partial charge in [0.15, 0.2) is 0 Å². The van der Waals surface area contributed by atoms with E-state index in [2.05, 4.69) is 130 Å². The molecule has 4 nitrogen and oxygen atoms in total. The highest BCUT2D eigenvalue weighted by molar-refractivity contribution is 5.81. The zero-order chi connectivity index (χ0) is 33.8. The second-order valence-corrected chi connectivity index (χ2v) is 14.4. The van der Waals surface area contributed by atoms with Gasteiger partial charge in [0.2, 0.25) is 0 Å². The van der Waals surface area contributed by atoms with Gasteiger partial charge in [0.05, 0.1) is 5.41 Å². The van der Waals surface area contributed by atoms with Crippen LogP contribution in [0.2, 0.25) is 0 Å². The van der Waals surface area contributed by atoms with Gasteiger partial charge in [-0.2, -0.15) is 0 Å². The molecule has 48 heavy (non-hydrogen) atoms. The fourth-order valence-corrected chi connectivity index (χ4v) is 7.74. The van der Waals surface area contributed by atoms with Crippen LogP contribution in [0.15, 0.2) is 101 Å². The Labute approximate surface area is 289 Å². The van der Waals surface area contributed by atoms with Gasteiger partial charge in [-0.1, -0.05) is 74.9 Å². The largest absolute Gasteiger partial charge is 0.511 e. The standard InChI is InChI=1S/C44H55N3O/c1-7-15-30(4)41(46-39(9-3)32-16-11-10-12-17-32)38-28-36(25-24-31(38)8-2)45-40-21-14-20-35-29-47(27-26-37(35)40)42(33-18-13-19-33)44(5,6)43(48)34-22-23-34/h9-12,14,16-17,20-21,24-25,28,45-46,48H,7-8,13,15,18-19,22-23,26-27,29H2,1-6H3/b39-9-,41-30+. The first-order valence-corrected chi connectivity index (χ1v) is 18.3. The second-order valence-electron chi connectivity index (χ2n) is 14.4. The normalized spacial score (nSPS) is 16.5. The summed E-state index contributed by atoms with van der Waals surface area (Å²) in [6.45, 7) is 15.2. The Morgan fingerprint density at radius 2 is 1.69 bits per heavy atom. The smallest absolute Gasteiger partial charge is 0.103 e. The summed E-state index contributed by atoms with van der Waals surface area (Å²) in [5.74, 6) is 0.617. The van der Waals surface area contributed by atoms with Gasteiger partial charge >= 0.3 is 0 Å². The van der Waals surface area contributed by atoms with E-state index in [1.165, 1.54) is 62.5 Å². The number of rotatable bonds is 12. The predicted octanol–water partition coefficient (Wildman–Crippen LogP) is 11.6. The molecule has 0 spiro atoms. The first kappa shape index (κ1) is 33.7. The predicted molar refractivity (Wildman–Crippen MR) is 204 cm³/mol. The van der Waals surface area contributed by atoms with Gasteiger partial charge in [0.1, 0.15) is 5.76 Å². The molecule has 0 atom stereocenters. The maximum Gasteiger partial charge on any atom is 0.103 e. The van der Waals surface area contributed by atoms with Crippen LogP contribution in [-0.4, -0.2) is 16.6 Å². The summed E-state index contributed by atoms with van der Waals surface area (Å²) in [4.78, 5) is 2.58. The first-order valence-electron chi connectivity index (χ1n) is 18.3. The summed E-state index contributed by atoms with van der Waals surface area (Å²) in [6, 6.07) is 24.3. The van der Waals surface area contributed by atoms with Gasteiger partial charge in [-0.05, 0) is 136 Å². The first-order chi connectivity index (χ1) is 23.2. The topological polar surface area (TPSA) is 47.5 Å². The van der Waals surface area contributed by atoms with Gasteiger partial charge < -0.3 is 20.6 Å². The second kappa shape index (κ2) is 14.5. The van der Waals surface area contributed by atoms with Crippen LogP contribution < -0.4 is 10.6 Å². The number of anilines is 2. The van der Waals surface area contributed by atoms with E-state index in [0.717, 1.165) is 75.8 Å². The van der Waals surface area contributed by atoms with E-state index < -0.39 is 0 Å². The molecule has 4 heteroatoms. The Bertz CT molecular complexity index is 1760. The minimum Gasteiger partial charge on any atom is -0.511 e. The fraction of sp³-hybridized carbons (Fsp3) is 0.409. The van der Waals surface area contributed by atoms with Crippen molar-refractivity contribution in [2.24, 2.45) is 5.41 Å². The number of fused-ring (bicyclic) bond motifs is 1. The molecule has 2 saturated carbocycles. The van der Waals surface area contributed by atoms with Crippen LogP contribution in [0.5, 0.6) is 0 Å². The highest BCUT2D eigenvalue weighted by Crippen LogP contribution is 2.48. The van der Waals surface area contributed by atoms with E-state index >= 15 is 0 Å². The molecule has 1 heterocycles. The Balaban J connectivity index is 1.30. The fourth-order valence-electron chi connectivity index (χ4n) is 7.74. The number of hydrogen-bond acceptors (Lipinski definition) is 4. The Morgan fingerprint density at radius 3 is 2.33 bits per heavy atom. The average Bonchev–Trinajstić information content (AvgIpc) is 3.92. The van der Waals surface area contributed by atoms with E-state index in [1.54, 1.807) is 5.57 Å². The summed E-state index contributed by atoms with van der Waals surface area (Å²) in [5, 5.41) is 19.0. The number of nitrogens with one attached hydrogen (secondary N) is 2. The lowest BCUT2D eigenvalue weighted by Gasteiger charge is -2.43. The summed E-state index contributed by atoms with van der Waals surface area (Å²) in [6.07, 6.45) is 11.9. The van der Waals surface area contributed by atoms with Gasteiger partial charge in [0, 0.05) is 47.1 Å². The number of aliphatic hydroxyl groups is 1. The lowest BCUT2D eigenvalue weighted by atomic mass is 9.76. The Kier molecular flexibility index (Phi) is 10.2. The van der Waals surface area contributed by atoms with E-state index in [0.29, 0.717) is 5.76 Å². The summed E-state index contributed by atoms with van der Waals surface area (Å²) in [5.41, 5.74) is 16.4. The number of benzene rings is 3. The summed E-state index contributed by atoms with van der Waals surface area (Å²) in [7, 11) is 0. The number of allylic oxidation sites excluding steroid dienone is 4. The molecular weight excluding hydrogens is 587 g/mol. The molecule has 0 amide bonds. The number of aryl methyl sites for hydroxylation is 1. The zero-order valence-electron chi connectivity index (χ0n) is 30.1. The van der Waals surface area contributed by atoms with Gasteiger partial charge in [-0.25, -0.2) is 0 Å². The summed E-state index contributed by atoms with van der Waals surface area (Å²) < 4.78 is 0. The molecule has 6 rings (SSSR count). The molecule has 0 aromatic heterocycles. The van der Waals surface area contributed by atoms with Crippen molar-refractivity contribution in [1.82, 2.24) is 10.2 Å². The highest BCUT2D eigenvalue weighted by atomic mass is 16.3. The monoisotopic (exact) mass is 641 g/mol. The van der Waals surface area contributed by atoms with Crippen LogP contribution in [0.4, 0.5) is 11.4 Å². The average molecular weight is 642 g/mol. The van der Waals surface area contributed by atoms with Crippen molar-refractivity contribution in [3.8, 4) is 0 Å². The molecular formula is C44H55N3O. The minimum atomic E-state index is -0.338. The maximum absolute atomic E-state index is 11.3. The molecule has 0 radical (unpaired) electrons. The molecule has 2 fully saturated rings. The lowest BCUT2D eigenvalue weighted by Crippen LogP contribution is -2.39. The van der Waals surface area contributed by atoms with Crippen LogP contribution in [-0.2, 0) is 19.4 Å². The number of hydrogen-bond donors (Lipinski definition) is 3. The molecule has 3 aromatic carbocycles. The quantitative estimate of drug-likeness (QED) is 0.172. The molecule has 1 aliphatic heterocycles. The van der Waals surface area contributed by atoms with Crippen molar-refractivity contribution in [3.05, 3.63) is 129 Å². The van der Waals surface area contributed by atoms with Crippen LogP contribution in [0.1, 0.15) is 114 Å². The molecule has 3 aromatic rings. The van der Waals surface area contributed by atoms with Crippen LogP contribution in [0.25, 0.3) is 11.4 Å². The van der Waals surface area contributed by atoms with Crippen LogP contribution in [0, 0.1) is 5.41 Å². The van der Waals surface area contributed by atoms with Gasteiger partial charge in [-0.3, -0.25) is 0 Å². The molecule has 0 bridgehead atoms. The number of nitrogens with zero attached hydrogens (tertiary/aromatic N) is 1. The Hall–Kier alpha value is -4.18. The van der Waals surface area contributed by atoms with Crippen molar-refractivity contribution in [2.75, 3.05) is 11.9 Å². The molecule has 252 valence electrons. The zero-order valence-corrected chi connectivity index (χ0v) is 30.1. The van der Waals surface area contributed by atoms with Gasteiger partial charge in [0.25, 0.3) is 0 Å². The van der Waals surface area contributed by atoms with E-state index in [9.17, 15) is 5.11 Å². The lowest BCUT2D eigenvalue weighted by molar-refractivity contribution is 0.201. The number of aliphatic hydroxyl groups excluding tert-OH is 1. The molecule has 3 N–H and O–H groups in total. The highest BCUT2D eigenvalue weighted by Gasteiger charge is 2.39. The minimum absolute atomic E-state index is 0.338. The molecule has 0 saturated heterocycles. The van der Waals surface area contributed by atoms with Crippen LogP contribution >= 0.6 is 0 Å². The van der Waals surface area contributed by atoms with E-state index in [4.69, 9.17) is 0 Å². The third kappa shape index (κ3) is 6.99.